The number of rotatable bonds is 4. The lowest BCUT2D eigenvalue weighted by Crippen LogP contribution is -2.25. The maximum atomic E-state index is 12.6. The van der Waals surface area contributed by atoms with Gasteiger partial charge in [-0.1, -0.05) is 50.7 Å². The third-order valence-electron chi connectivity index (χ3n) is 5.28. The average Bonchev–Trinajstić information content (AvgIpc) is 2.72. The molecule has 0 atom stereocenters. The Morgan fingerprint density at radius 3 is 2.70 bits per heavy atom. The summed E-state index contributed by atoms with van der Waals surface area (Å²) in [6.45, 7) is 2.87. The molecule has 1 aromatic carbocycles. The predicted octanol–water partition coefficient (Wildman–Crippen LogP) is 4.58. The Morgan fingerprint density at radius 1 is 1.22 bits per heavy atom. The molecule has 3 heteroatoms. The highest BCUT2D eigenvalue weighted by molar-refractivity contribution is 6.08. The van der Waals surface area contributed by atoms with E-state index in [9.17, 15) is 4.79 Å². The van der Waals surface area contributed by atoms with Crippen molar-refractivity contribution in [3.63, 3.8) is 0 Å². The van der Waals surface area contributed by atoms with Crippen molar-refractivity contribution in [3.8, 4) is 0 Å². The van der Waals surface area contributed by atoms with Gasteiger partial charge in [-0.15, -0.1) is 0 Å². The maximum Gasteiger partial charge on any atom is 0.253 e. The number of nitrogens with zero attached hydrogens (tertiary/aromatic N) is 1. The van der Waals surface area contributed by atoms with Gasteiger partial charge in [0.2, 0.25) is 0 Å². The number of carbonyl (C=O) groups is 1. The minimum atomic E-state index is 0.0681. The van der Waals surface area contributed by atoms with Gasteiger partial charge < -0.3 is 9.88 Å². The van der Waals surface area contributed by atoms with Gasteiger partial charge >= 0.3 is 0 Å². The number of hydrogen-bond donors (Lipinski definition) is 1. The van der Waals surface area contributed by atoms with Gasteiger partial charge in [-0.25, -0.2) is 0 Å². The predicted molar refractivity (Wildman–Crippen MR) is 95.8 cm³/mol. The zero-order chi connectivity index (χ0) is 16.2. The lowest BCUT2D eigenvalue weighted by atomic mass is 9.96. The zero-order valence-corrected chi connectivity index (χ0v) is 14.4. The topological polar surface area (TPSA) is 34.0 Å². The first-order valence-electron chi connectivity index (χ1n) is 8.99. The van der Waals surface area contributed by atoms with Crippen LogP contribution >= 0.6 is 0 Å². The molecule has 1 aliphatic carbocycles. The van der Waals surface area contributed by atoms with E-state index in [0.717, 1.165) is 40.9 Å². The van der Waals surface area contributed by atoms with Crippen LogP contribution in [-0.2, 0) is 7.05 Å². The van der Waals surface area contributed by atoms with Gasteiger partial charge in [0.25, 0.3) is 5.91 Å². The van der Waals surface area contributed by atoms with Crippen molar-refractivity contribution < 1.29 is 4.79 Å². The van der Waals surface area contributed by atoms with Gasteiger partial charge in [-0.2, -0.15) is 0 Å². The van der Waals surface area contributed by atoms with Crippen molar-refractivity contribution in [1.82, 2.24) is 9.88 Å². The number of nitrogens with one attached hydrogen (secondary N) is 1. The molecule has 124 valence electrons. The van der Waals surface area contributed by atoms with Crippen molar-refractivity contribution in [2.24, 2.45) is 13.0 Å². The summed E-state index contributed by atoms with van der Waals surface area (Å²) >= 11 is 0. The third-order valence-corrected chi connectivity index (χ3v) is 5.28. The number of amides is 1. The van der Waals surface area contributed by atoms with E-state index in [1.165, 1.54) is 38.5 Å². The van der Waals surface area contributed by atoms with Crippen LogP contribution in [0.15, 0.2) is 24.4 Å². The molecule has 0 spiro atoms. The Kier molecular flexibility index (Phi) is 5.04. The molecular formula is C20H28N2O. The fourth-order valence-electron chi connectivity index (χ4n) is 3.93. The molecule has 0 bridgehead atoms. The molecule has 1 N–H and O–H groups in total. The van der Waals surface area contributed by atoms with Crippen LogP contribution in [0.3, 0.4) is 0 Å². The molecule has 1 saturated carbocycles. The van der Waals surface area contributed by atoms with Gasteiger partial charge in [-0.3, -0.25) is 4.79 Å². The first-order valence-corrected chi connectivity index (χ1v) is 8.99. The summed E-state index contributed by atoms with van der Waals surface area (Å²) in [5.41, 5.74) is 3.09. The highest BCUT2D eigenvalue weighted by atomic mass is 16.1. The van der Waals surface area contributed by atoms with E-state index < -0.39 is 0 Å². The summed E-state index contributed by atoms with van der Waals surface area (Å²) in [6.07, 6.45) is 11.2. The standard InChI is InChI=1S/C20H28N2O/c1-15-8-7-11-18-19(15)17(14-22(18)2)20(23)21-13-12-16-9-5-3-4-6-10-16/h7-8,11,14,16H,3-6,9-10,12-13H2,1-2H3,(H,21,23). The highest BCUT2D eigenvalue weighted by Gasteiger charge is 2.16. The minimum Gasteiger partial charge on any atom is -0.352 e. The summed E-state index contributed by atoms with van der Waals surface area (Å²) < 4.78 is 2.04. The molecule has 0 unspecified atom stereocenters. The Morgan fingerprint density at radius 2 is 1.96 bits per heavy atom. The average molecular weight is 312 g/mol. The summed E-state index contributed by atoms with van der Waals surface area (Å²) in [6, 6.07) is 6.20. The fourth-order valence-corrected chi connectivity index (χ4v) is 3.93. The molecule has 1 aromatic heterocycles. The largest absolute Gasteiger partial charge is 0.352 e. The summed E-state index contributed by atoms with van der Waals surface area (Å²) in [7, 11) is 2.00. The summed E-state index contributed by atoms with van der Waals surface area (Å²) in [5.74, 6) is 0.866. The zero-order valence-electron chi connectivity index (χ0n) is 14.4. The molecule has 1 aliphatic rings. The van der Waals surface area contributed by atoms with Crippen LogP contribution < -0.4 is 5.32 Å². The number of benzene rings is 1. The summed E-state index contributed by atoms with van der Waals surface area (Å²) in [5, 5.41) is 4.23. The van der Waals surface area contributed by atoms with Crippen LogP contribution in [0.1, 0.15) is 60.9 Å². The van der Waals surface area contributed by atoms with Crippen molar-refractivity contribution in [2.75, 3.05) is 6.54 Å². The van der Waals surface area contributed by atoms with E-state index >= 15 is 0 Å². The quantitative estimate of drug-likeness (QED) is 0.824. The second-order valence-corrected chi connectivity index (χ2v) is 7.02. The van der Waals surface area contributed by atoms with Crippen molar-refractivity contribution >= 4 is 16.8 Å². The molecule has 2 aromatic rings. The third kappa shape index (κ3) is 3.60. The van der Waals surface area contributed by atoms with E-state index in [2.05, 4.69) is 24.4 Å². The maximum absolute atomic E-state index is 12.6. The SMILES string of the molecule is Cc1cccc2c1c(C(=O)NCCC1CCCCCC1)cn2C. The van der Waals surface area contributed by atoms with Crippen LogP contribution in [-0.4, -0.2) is 17.0 Å². The minimum absolute atomic E-state index is 0.0681. The van der Waals surface area contributed by atoms with E-state index in [1.54, 1.807) is 0 Å². The Labute approximate surface area is 139 Å². The van der Waals surface area contributed by atoms with Gasteiger partial charge in [0.1, 0.15) is 0 Å². The monoisotopic (exact) mass is 312 g/mol. The number of carbonyl (C=O) groups excluding carboxylic acids is 1. The number of aryl methyl sites for hydroxylation is 2. The first kappa shape index (κ1) is 16.1. The molecule has 0 radical (unpaired) electrons. The normalized spacial score (nSPS) is 16.4. The van der Waals surface area contributed by atoms with Gasteiger partial charge in [0, 0.05) is 30.7 Å². The Bertz CT molecular complexity index is 678. The van der Waals surface area contributed by atoms with Crippen LogP contribution in [0.25, 0.3) is 10.9 Å². The number of fused-ring (bicyclic) bond motifs is 1. The molecule has 1 fully saturated rings. The molecular weight excluding hydrogens is 284 g/mol. The molecule has 3 rings (SSSR count). The van der Waals surface area contributed by atoms with Crippen LogP contribution in [0.4, 0.5) is 0 Å². The van der Waals surface area contributed by atoms with Crippen molar-refractivity contribution in [1.29, 1.82) is 0 Å². The highest BCUT2D eigenvalue weighted by Crippen LogP contribution is 2.26. The van der Waals surface area contributed by atoms with Gasteiger partial charge in [0.05, 0.1) is 5.56 Å². The van der Waals surface area contributed by atoms with Crippen molar-refractivity contribution in [3.05, 3.63) is 35.5 Å². The Hall–Kier alpha value is -1.77. The smallest absolute Gasteiger partial charge is 0.253 e. The van der Waals surface area contributed by atoms with Crippen LogP contribution in [0, 0.1) is 12.8 Å². The molecule has 23 heavy (non-hydrogen) atoms. The van der Waals surface area contributed by atoms with Gasteiger partial charge in [-0.05, 0) is 30.9 Å². The second kappa shape index (κ2) is 7.20. The molecule has 3 nitrogen and oxygen atoms in total. The van der Waals surface area contributed by atoms with E-state index in [4.69, 9.17) is 0 Å². The lowest BCUT2D eigenvalue weighted by molar-refractivity contribution is 0.0952. The van der Waals surface area contributed by atoms with Crippen LogP contribution in [0.5, 0.6) is 0 Å². The first-order chi connectivity index (χ1) is 11.2. The second-order valence-electron chi connectivity index (χ2n) is 7.02. The molecule has 1 amide bonds. The van der Waals surface area contributed by atoms with Crippen LogP contribution in [0.2, 0.25) is 0 Å². The van der Waals surface area contributed by atoms with E-state index in [0.29, 0.717) is 0 Å². The van der Waals surface area contributed by atoms with Crippen molar-refractivity contribution in [2.45, 2.75) is 51.9 Å². The molecule has 0 aliphatic heterocycles. The van der Waals surface area contributed by atoms with Gasteiger partial charge in [0.15, 0.2) is 0 Å². The summed E-state index contributed by atoms with van der Waals surface area (Å²) in [4.78, 5) is 12.6. The van der Waals surface area contributed by atoms with E-state index in [1.807, 2.05) is 23.9 Å². The lowest BCUT2D eigenvalue weighted by Gasteiger charge is -2.14. The fraction of sp³-hybridized carbons (Fsp3) is 0.550. The Balaban J connectivity index is 1.64. The number of aromatic nitrogens is 1. The molecule has 0 saturated heterocycles. The number of hydrogen-bond acceptors (Lipinski definition) is 1. The van der Waals surface area contributed by atoms with E-state index in [-0.39, 0.29) is 5.91 Å². The molecule has 1 heterocycles.